The van der Waals surface area contributed by atoms with Crippen molar-refractivity contribution in [3.8, 4) is 0 Å². The fourth-order valence-corrected chi connectivity index (χ4v) is 3.16. The van der Waals surface area contributed by atoms with Crippen LogP contribution in [0.1, 0.15) is 106 Å². The summed E-state index contributed by atoms with van der Waals surface area (Å²) in [5.41, 5.74) is 1.18. The first-order valence-electron chi connectivity index (χ1n) is 8.84. The maximum Gasteiger partial charge on any atom is -0.0300 e. The topological polar surface area (TPSA) is 0 Å². The lowest BCUT2D eigenvalue weighted by Crippen LogP contribution is -2.22. The number of hydrogen-bond donors (Lipinski definition) is 0. The van der Waals surface area contributed by atoms with Gasteiger partial charge < -0.3 is 0 Å². The molecule has 0 nitrogen and oxygen atoms in total. The van der Waals surface area contributed by atoms with Crippen LogP contribution in [0.25, 0.3) is 0 Å². The van der Waals surface area contributed by atoms with E-state index < -0.39 is 0 Å². The summed E-state index contributed by atoms with van der Waals surface area (Å²) in [6.07, 6.45) is 12.5. The first-order chi connectivity index (χ1) is 8.84. The molecular weight excluding hydrogens is 228 g/mol. The van der Waals surface area contributed by atoms with Gasteiger partial charge in [-0.1, -0.05) is 87.0 Å². The lowest BCUT2D eigenvalue weighted by atomic mass is 9.71. The van der Waals surface area contributed by atoms with Gasteiger partial charge in [0.15, 0.2) is 0 Å². The summed E-state index contributed by atoms with van der Waals surface area (Å²) in [6.45, 7) is 16.7. The van der Waals surface area contributed by atoms with Crippen molar-refractivity contribution in [2.45, 2.75) is 106 Å². The molecule has 0 aliphatic carbocycles. The zero-order chi connectivity index (χ0) is 14.9. The van der Waals surface area contributed by atoms with Gasteiger partial charge in [-0.25, -0.2) is 0 Å². The second-order valence-electron chi connectivity index (χ2n) is 7.65. The molecule has 0 spiro atoms. The summed E-state index contributed by atoms with van der Waals surface area (Å²) in [6, 6.07) is 0. The Bertz CT molecular complexity index is 210. The SMILES string of the molecule is CCC(C)CC(CC)(CC)CCCCC(C)(C)CC. The third-order valence-electron chi connectivity index (χ3n) is 5.75. The van der Waals surface area contributed by atoms with Gasteiger partial charge in [0.05, 0.1) is 0 Å². The van der Waals surface area contributed by atoms with E-state index >= 15 is 0 Å². The van der Waals surface area contributed by atoms with Gasteiger partial charge >= 0.3 is 0 Å². The molecule has 0 radical (unpaired) electrons. The third kappa shape index (κ3) is 7.37. The monoisotopic (exact) mass is 268 g/mol. The molecule has 0 amide bonds. The van der Waals surface area contributed by atoms with Crippen molar-refractivity contribution in [1.82, 2.24) is 0 Å². The number of rotatable bonds is 11. The molecule has 116 valence electrons. The first kappa shape index (κ1) is 19.0. The largest absolute Gasteiger partial charge is 0.0651 e. The zero-order valence-corrected chi connectivity index (χ0v) is 14.9. The molecule has 0 saturated heterocycles. The van der Waals surface area contributed by atoms with E-state index in [1.165, 1.54) is 57.8 Å². The highest BCUT2D eigenvalue weighted by Crippen LogP contribution is 2.40. The Morgan fingerprint density at radius 2 is 1.32 bits per heavy atom. The number of unbranched alkanes of at least 4 members (excludes halogenated alkanes) is 1. The molecule has 0 aromatic rings. The van der Waals surface area contributed by atoms with Gasteiger partial charge in [-0.2, -0.15) is 0 Å². The molecule has 0 heteroatoms. The van der Waals surface area contributed by atoms with Crippen LogP contribution in [0.5, 0.6) is 0 Å². The second-order valence-corrected chi connectivity index (χ2v) is 7.65. The maximum absolute atomic E-state index is 2.43. The Labute approximate surface area is 123 Å². The van der Waals surface area contributed by atoms with E-state index in [0.717, 1.165) is 5.92 Å². The summed E-state index contributed by atoms with van der Waals surface area (Å²) in [4.78, 5) is 0. The van der Waals surface area contributed by atoms with Gasteiger partial charge in [-0.05, 0) is 36.0 Å². The summed E-state index contributed by atoms with van der Waals surface area (Å²) in [7, 11) is 0. The Hall–Kier alpha value is 0. The van der Waals surface area contributed by atoms with Gasteiger partial charge in [0.25, 0.3) is 0 Å². The van der Waals surface area contributed by atoms with E-state index in [4.69, 9.17) is 0 Å². The highest BCUT2D eigenvalue weighted by atomic mass is 14.3. The average Bonchev–Trinajstić information content (AvgIpc) is 2.42. The van der Waals surface area contributed by atoms with E-state index in [-0.39, 0.29) is 0 Å². The molecular formula is C19H40. The molecule has 19 heavy (non-hydrogen) atoms. The van der Waals surface area contributed by atoms with Crippen LogP contribution >= 0.6 is 0 Å². The fourth-order valence-electron chi connectivity index (χ4n) is 3.16. The summed E-state index contributed by atoms with van der Waals surface area (Å²) in [5.74, 6) is 0.895. The van der Waals surface area contributed by atoms with Crippen LogP contribution in [0, 0.1) is 16.7 Å². The summed E-state index contributed by atoms with van der Waals surface area (Å²) in [5, 5.41) is 0. The molecule has 0 N–H and O–H groups in total. The van der Waals surface area contributed by atoms with Gasteiger partial charge in [0, 0.05) is 0 Å². The van der Waals surface area contributed by atoms with Crippen LogP contribution in [0.15, 0.2) is 0 Å². The minimum Gasteiger partial charge on any atom is -0.0651 e. The smallest absolute Gasteiger partial charge is 0.0300 e. The van der Waals surface area contributed by atoms with Crippen molar-refractivity contribution in [1.29, 1.82) is 0 Å². The minimum atomic E-state index is 0.553. The molecule has 0 aromatic carbocycles. The lowest BCUT2D eigenvalue weighted by Gasteiger charge is -2.35. The highest BCUT2D eigenvalue weighted by molar-refractivity contribution is 4.79. The Morgan fingerprint density at radius 1 is 0.789 bits per heavy atom. The van der Waals surface area contributed by atoms with Crippen LogP contribution in [-0.4, -0.2) is 0 Å². The quantitative estimate of drug-likeness (QED) is 0.347. The van der Waals surface area contributed by atoms with Gasteiger partial charge in [0.1, 0.15) is 0 Å². The average molecular weight is 269 g/mol. The van der Waals surface area contributed by atoms with E-state index in [9.17, 15) is 0 Å². The van der Waals surface area contributed by atoms with Crippen LogP contribution in [0.2, 0.25) is 0 Å². The van der Waals surface area contributed by atoms with Crippen molar-refractivity contribution in [2.75, 3.05) is 0 Å². The van der Waals surface area contributed by atoms with E-state index in [1.54, 1.807) is 0 Å². The normalized spacial score (nSPS) is 14.7. The highest BCUT2D eigenvalue weighted by Gasteiger charge is 2.27. The molecule has 0 aliphatic rings. The van der Waals surface area contributed by atoms with Gasteiger partial charge in [-0.15, -0.1) is 0 Å². The molecule has 0 fully saturated rings. The third-order valence-corrected chi connectivity index (χ3v) is 5.75. The molecule has 0 aromatic heterocycles. The van der Waals surface area contributed by atoms with Crippen LogP contribution in [-0.2, 0) is 0 Å². The number of hydrogen-bond acceptors (Lipinski definition) is 0. The van der Waals surface area contributed by atoms with Crippen molar-refractivity contribution < 1.29 is 0 Å². The standard InChI is InChI=1S/C19H40/c1-8-17(5)16-19(10-3,11-4)15-13-12-14-18(6,7)9-2/h17H,8-16H2,1-7H3. The predicted molar refractivity (Wildman–Crippen MR) is 89.6 cm³/mol. The Morgan fingerprint density at radius 3 is 1.74 bits per heavy atom. The fraction of sp³-hybridized carbons (Fsp3) is 1.00. The van der Waals surface area contributed by atoms with Gasteiger partial charge in [-0.3, -0.25) is 0 Å². The zero-order valence-electron chi connectivity index (χ0n) is 14.9. The first-order valence-corrected chi connectivity index (χ1v) is 8.84. The second kappa shape index (κ2) is 9.03. The molecule has 1 unspecified atom stereocenters. The maximum atomic E-state index is 2.43. The molecule has 0 saturated carbocycles. The molecule has 0 rings (SSSR count). The Balaban J connectivity index is 4.21. The van der Waals surface area contributed by atoms with E-state index in [1.807, 2.05) is 0 Å². The molecule has 0 heterocycles. The van der Waals surface area contributed by atoms with Crippen molar-refractivity contribution >= 4 is 0 Å². The van der Waals surface area contributed by atoms with Crippen molar-refractivity contribution in [2.24, 2.45) is 16.7 Å². The Kier molecular flexibility index (Phi) is 9.03. The van der Waals surface area contributed by atoms with Crippen molar-refractivity contribution in [3.05, 3.63) is 0 Å². The van der Waals surface area contributed by atoms with Crippen LogP contribution in [0.3, 0.4) is 0 Å². The summed E-state index contributed by atoms with van der Waals surface area (Å²) < 4.78 is 0. The van der Waals surface area contributed by atoms with Gasteiger partial charge in [0.2, 0.25) is 0 Å². The molecule has 1 atom stereocenters. The summed E-state index contributed by atoms with van der Waals surface area (Å²) >= 11 is 0. The lowest BCUT2D eigenvalue weighted by molar-refractivity contribution is 0.171. The predicted octanol–water partition coefficient (Wildman–Crippen LogP) is 7.23. The van der Waals surface area contributed by atoms with E-state index in [0.29, 0.717) is 10.8 Å². The molecule has 0 aliphatic heterocycles. The molecule has 0 bridgehead atoms. The van der Waals surface area contributed by atoms with Crippen molar-refractivity contribution in [3.63, 3.8) is 0 Å². The minimum absolute atomic E-state index is 0.553. The van der Waals surface area contributed by atoms with Crippen LogP contribution < -0.4 is 0 Å². The van der Waals surface area contributed by atoms with Crippen LogP contribution in [0.4, 0.5) is 0 Å². The van der Waals surface area contributed by atoms with E-state index in [2.05, 4.69) is 48.5 Å².